The Balaban J connectivity index is 1.51. The lowest BCUT2D eigenvalue weighted by molar-refractivity contribution is -0.198. The summed E-state index contributed by atoms with van der Waals surface area (Å²) in [4.78, 5) is 6.95. The SMILES string of the molecule is CCO[C@H]1CCOC2(C1)CN(Cc1nc(C)cs1)C2. The van der Waals surface area contributed by atoms with Crippen LogP contribution in [-0.4, -0.2) is 47.9 Å². The maximum absolute atomic E-state index is 6.01. The second kappa shape index (κ2) is 5.48. The van der Waals surface area contributed by atoms with E-state index < -0.39 is 0 Å². The molecular weight excluding hydrogens is 260 g/mol. The minimum Gasteiger partial charge on any atom is -0.378 e. The van der Waals surface area contributed by atoms with Crippen molar-refractivity contribution in [2.75, 3.05) is 26.3 Å². The Bertz CT molecular complexity index is 427. The minimum atomic E-state index is 0.0599. The van der Waals surface area contributed by atoms with Gasteiger partial charge in [0.25, 0.3) is 0 Å². The fourth-order valence-electron chi connectivity index (χ4n) is 3.13. The van der Waals surface area contributed by atoms with E-state index in [1.165, 1.54) is 5.01 Å². The Morgan fingerprint density at radius 1 is 1.58 bits per heavy atom. The van der Waals surface area contributed by atoms with E-state index in [2.05, 4.69) is 29.1 Å². The van der Waals surface area contributed by atoms with Gasteiger partial charge in [-0.1, -0.05) is 0 Å². The highest BCUT2D eigenvalue weighted by Crippen LogP contribution is 2.36. The quantitative estimate of drug-likeness (QED) is 0.848. The van der Waals surface area contributed by atoms with Crippen molar-refractivity contribution in [3.63, 3.8) is 0 Å². The van der Waals surface area contributed by atoms with Crippen molar-refractivity contribution in [2.45, 2.75) is 44.9 Å². The zero-order valence-corrected chi connectivity index (χ0v) is 12.5. The molecule has 5 heteroatoms. The normalized spacial score (nSPS) is 26.5. The molecule has 4 nitrogen and oxygen atoms in total. The molecule has 0 amide bonds. The van der Waals surface area contributed by atoms with Gasteiger partial charge in [0.15, 0.2) is 0 Å². The van der Waals surface area contributed by atoms with E-state index in [0.717, 1.165) is 51.4 Å². The summed E-state index contributed by atoms with van der Waals surface area (Å²) < 4.78 is 11.8. The molecule has 0 aromatic carbocycles. The lowest BCUT2D eigenvalue weighted by Crippen LogP contribution is -2.65. The van der Waals surface area contributed by atoms with Gasteiger partial charge in [0.1, 0.15) is 5.01 Å². The molecule has 2 aliphatic rings. The molecule has 1 spiro atoms. The van der Waals surface area contributed by atoms with Crippen LogP contribution >= 0.6 is 11.3 Å². The second-order valence-electron chi connectivity index (χ2n) is 5.63. The number of aryl methyl sites for hydroxylation is 1. The molecule has 19 heavy (non-hydrogen) atoms. The summed E-state index contributed by atoms with van der Waals surface area (Å²) in [6, 6.07) is 0. The molecule has 0 bridgehead atoms. The zero-order chi connectivity index (χ0) is 13.3. The van der Waals surface area contributed by atoms with Gasteiger partial charge in [-0.3, -0.25) is 4.90 Å². The number of ether oxygens (including phenoxy) is 2. The van der Waals surface area contributed by atoms with E-state index in [0.29, 0.717) is 6.10 Å². The highest BCUT2D eigenvalue weighted by atomic mass is 32.1. The van der Waals surface area contributed by atoms with Gasteiger partial charge in [0.2, 0.25) is 0 Å². The van der Waals surface area contributed by atoms with Crippen LogP contribution in [0.1, 0.15) is 30.5 Å². The van der Waals surface area contributed by atoms with E-state index in [-0.39, 0.29) is 5.60 Å². The van der Waals surface area contributed by atoms with Crippen molar-refractivity contribution in [1.29, 1.82) is 0 Å². The third-order valence-electron chi connectivity index (χ3n) is 3.90. The maximum atomic E-state index is 6.01. The predicted molar refractivity (Wildman–Crippen MR) is 75.5 cm³/mol. The molecule has 2 aliphatic heterocycles. The molecule has 0 unspecified atom stereocenters. The van der Waals surface area contributed by atoms with E-state index >= 15 is 0 Å². The van der Waals surface area contributed by atoms with Gasteiger partial charge in [-0.25, -0.2) is 4.98 Å². The number of rotatable bonds is 4. The van der Waals surface area contributed by atoms with E-state index in [1.807, 2.05) is 0 Å². The van der Waals surface area contributed by atoms with Crippen molar-refractivity contribution in [3.8, 4) is 0 Å². The summed E-state index contributed by atoms with van der Waals surface area (Å²) in [6.45, 7) is 8.78. The largest absolute Gasteiger partial charge is 0.378 e. The lowest BCUT2D eigenvalue weighted by Gasteiger charge is -2.53. The van der Waals surface area contributed by atoms with Gasteiger partial charge in [-0.15, -0.1) is 11.3 Å². The average Bonchev–Trinajstić information content (AvgIpc) is 2.74. The van der Waals surface area contributed by atoms with Crippen LogP contribution < -0.4 is 0 Å². The number of thiazole rings is 1. The van der Waals surface area contributed by atoms with Crippen LogP contribution in [0.25, 0.3) is 0 Å². The summed E-state index contributed by atoms with van der Waals surface area (Å²) >= 11 is 1.75. The molecule has 1 aromatic heterocycles. The fraction of sp³-hybridized carbons (Fsp3) is 0.786. The molecule has 2 fully saturated rings. The molecule has 1 aromatic rings. The van der Waals surface area contributed by atoms with Gasteiger partial charge in [-0.05, 0) is 20.3 Å². The lowest BCUT2D eigenvalue weighted by atomic mass is 9.85. The summed E-state index contributed by atoms with van der Waals surface area (Å²) in [5, 5.41) is 3.33. The van der Waals surface area contributed by atoms with Crippen LogP contribution in [0.15, 0.2) is 5.38 Å². The molecule has 0 aliphatic carbocycles. The fourth-order valence-corrected chi connectivity index (χ4v) is 3.94. The highest BCUT2D eigenvalue weighted by Gasteiger charge is 2.47. The monoisotopic (exact) mass is 282 g/mol. The first kappa shape index (κ1) is 13.5. The predicted octanol–water partition coefficient (Wildman–Crippen LogP) is 2.22. The summed E-state index contributed by atoms with van der Waals surface area (Å²) in [6.07, 6.45) is 2.48. The van der Waals surface area contributed by atoms with Crippen molar-refractivity contribution < 1.29 is 9.47 Å². The van der Waals surface area contributed by atoms with Crippen molar-refractivity contribution in [2.24, 2.45) is 0 Å². The van der Waals surface area contributed by atoms with Crippen LogP contribution in [0.5, 0.6) is 0 Å². The zero-order valence-electron chi connectivity index (χ0n) is 11.7. The van der Waals surface area contributed by atoms with Crippen molar-refractivity contribution >= 4 is 11.3 Å². The molecule has 3 heterocycles. The van der Waals surface area contributed by atoms with Crippen molar-refractivity contribution in [1.82, 2.24) is 9.88 Å². The smallest absolute Gasteiger partial charge is 0.107 e. The third kappa shape index (κ3) is 2.99. The molecule has 106 valence electrons. The maximum Gasteiger partial charge on any atom is 0.107 e. The van der Waals surface area contributed by atoms with E-state index in [4.69, 9.17) is 9.47 Å². The van der Waals surface area contributed by atoms with Crippen molar-refractivity contribution in [3.05, 3.63) is 16.1 Å². The molecule has 1 atom stereocenters. The summed E-state index contributed by atoms with van der Waals surface area (Å²) in [7, 11) is 0. The number of aromatic nitrogens is 1. The molecular formula is C14H22N2O2S. The Labute approximate surface area is 118 Å². The minimum absolute atomic E-state index is 0.0599. The van der Waals surface area contributed by atoms with Crippen LogP contribution in [0.4, 0.5) is 0 Å². The molecule has 3 rings (SSSR count). The highest BCUT2D eigenvalue weighted by molar-refractivity contribution is 7.09. The van der Waals surface area contributed by atoms with Gasteiger partial charge < -0.3 is 9.47 Å². The Morgan fingerprint density at radius 2 is 2.42 bits per heavy atom. The Kier molecular flexibility index (Phi) is 3.89. The summed E-state index contributed by atoms with van der Waals surface area (Å²) in [5.74, 6) is 0. The molecule has 2 saturated heterocycles. The number of hydrogen-bond acceptors (Lipinski definition) is 5. The third-order valence-corrected chi connectivity index (χ3v) is 4.85. The van der Waals surface area contributed by atoms with Crippen LogP contribution in [0, 0.1) is 6.92 Å². The average molecular weight is 282 g/mol. The van der Waals surface area contributed by atoms with Gasteiger partial charge in [0, 0.05) is 43.8 Å². The first-order chi connectivity index (χ1) is 9.19. The number of likely N-dealkylation sites (tertiary alicyclic amines) is 1. The van der Waals surface area contributed by atoms with E-state index in [1.54, 1.807) is 11.3 Å². The Hall–Kier alpha value is -0.490. The first-order valence-electron chi connectivity index (χ1n) is 7.08. The van der Waals surface area contributed by atoms with Gasteiger partial charge in [0.05, 0.1) is 18.2 Å². The van der Waals surface area contributed by atoms with Gasteiger partial charge >= 0.3 is 0 Å². The molecule has 0 N–H and O–H groups in total. The molecule has 0 radical (unpaired) electrons. The molecule has 0 saturated carbocycles. The first-order valence-corrected chi connectivity index (χ1v) is 7.96. The number of nitrogens with zero attached hydrogens (tertiary/aromatic N) is 2. The topological polar surface area (TPSA) is 34.6 Å². The standard InChI is InChI=1S/C14H22N2O2S/c1-3-17-12-4-5-18-14(6-12)9-16(10-14)7-13-15-11(2)8-19-13/h8,12H,3-7,9-10H2,1-2H3/t12-/m0/s1. The van der Waals surface area contributed by atoms with E-state index in [9.17, 15) is 0 Å². The second-order valence-corrected chi connectivity index (χ2v) is 6.57. The van der Waals surface area contributed by atoms with Crippen LogP contribution in [0.3, 0.4) is 0 Å². The summed E-state index contributed by atoms with van der Waals surface area (Å²) in [5.41, 5.74) is 1.19. The number of hydrogen-bond donors (Lipinski definition) is 0. The van der Waals surface area contributed by atoms with Crippen LogP contribution in [-0.2, 0) is 16.0 Å². The van der Waals surface area contributed by atoms with Gasteiger partial charge in [-0.2, -0.15) is 0 Å². The van der Waals surface area contributed by atoms with Crippen LogP contribution in [0.2, 0.25) is 0 Å². The Morgan fingerprint density at radius 3 is 3.11 bits per heavy atom.